The lowest BCUT2D eigenvalue weighted by Gasteiger charge is -2.21. The molecule has 0 aliphatic carbocycles. The Balaban J connectivity index is 1.93. The van der Waals surface area contributed by atoms with Gasteiger partial charge in [0.1, 0.15) is 9.39 Å². The van der Waals surface area contributed by atoms with Crippen LogP contribution in [-0.2, 0) is 0 Å². The molecule has 2 heterocycles. The summed E-state index contributed by atoms with van der Waals surface area (Å²) in [5, 5.41) is 3.87. The van der Waals surface area contributed by atoms with Gasteiger partial charge in [-0.25, -0.2) is 4.98 Å². The smallest absolute Gasteiger partial charge is 0.266 e. The number of aromatic nitrogens is 2. The summed E-state index contributed by atoms with van der Waals surface area (Å²) in [6, 6.07) is 0. The number of aromatic amines is 1. The minimum atomic E-state index is -0.0798. The van der Waals surface area contributed by atoms with Crippen LogP contribution in [0.25, 0.3) is 0 Å². The fraction of sp³-hybridized carbons (Fsp3) is 0.556. The molecule has 0 radical (unpaired) electrons. The first-order valence-corrected chi connectivity index (χ1v) is 8.22. The number of nitrogens with one attached hydrogen (secondary N) is 2. The summed E-state index contributed by atoms with van der Waals surface area (Å²) in [6.07, 6.45) is 1.44. The minimum absolute atomic E-state index is 0.0798. The molecule has 1 aromatic heterocycles. The van der Waals surface area contributed by atoms with E-state index in [1.54, 1.807) is 0 Å². The van der Waals surface area contributed by atoms with Crippen molar-refractivity contribution in [1.82, 2.24) is 9.97 Å². The molecule has 0 bridgehead atoms. The summed E-state index contributed by atoms with van der Waals surface area (Å²) >= 11 is 6.01. The monoisotopic (exact) mass is 369 g/mol. The maximum absolute atomic E-state index is 11.3. The van der Waals surface area contributed by atoms with Crippen LogP contribution in [0.3, 0.4) is 0 Å². The van der Waals surface area contributed by atoms with Gasteiger partial charge in [-0.05, 0) is 22.6 Å². The molecule has 0 spiro atoms. The van der Waals surface area contributed by atoms with Gasteiger partial charge in [-0.15, -0.1) is 0 Å². The second-order valence-corrected chi connectivity index (χ2v) is 6.98. The van der Waals surface area contributed by atoms with Gasteiger partial charge in [0.2, 0.25) is 0 Å². The van der Waals surface area contributed by atoms with Gasteiger partial charge < -0.3 is 10.3 Å². The molecule has 1 aliphatic rings. The molecule has 16 heavy (non-hydrogen) atoms. The second-order valence-electron chi connectivity index (χ2n) is 3.34. The van der Waals surface area contributed by atoms with E-state index >= 15 is 0 Å². The Morgan fingerprint density at radius 2 is 2.50 bits per heavy atom. The Kier molecular flexibility index (Phi) is 4.83. The van der Waals surface area contributed by atoms with E-state index in [0.717, 1.165) is 6.54 Å². The predicted octanol–water partition coefficient (Wildman–Crippen LogP) is 1.64. The van der Waals surface area contributed by atoms with Gasteiger partial charge in [-0.3, -0.25) is 4.79 Å². The zero-order valence-corrected chi connectivity index (χ0v) is 12.3. The molecule has 1 unspecified atom stereocenters. The standard InChI is InChI=1S/C9H12IN3OS2/c10-7-8(12-5-13-9(7)14)11-3-6-4-15-1-2-16-6/h5-6H,1-4H2,(H2,11,12,13,14). The van der Waals surface area contributed by atoms with E-state index in [4.69, 9.17) is 0 Å². The largest absolute Gasteiger partial charge is 0.368 e. The van der Waals surface area contributed by atoms with E-state index in [-0.39, 0.29) is 5.56 Å². The Morgan fingerprint density at radius 1 is 1.62 bits per heavy atom. The number of rotatable bonds is 3. The normalized spacial score (nSPS) is 20.7. The van der Waals surface area contributed by atoms with Crippen LogP contribution in [0.2, 0.25) is 0 Å². The van der Waals surface area contributed by atoms with Crippen molar-refractivity contribution in [3.05, 3.63) is 20.3 Å². The number of halogens is 1. The summed E-state index contributed by atoms with van der Waals surface area (Å²) in [6.45, 7) is 0.879. The van der Waals surface area contributed by atoms with Crippen LogP contribution >= 0.6 is 46.1 Å². The van der Waals surface area contributed by atoms with Crippen LogP contribution in [0.5, 0.6) is 0 Å². The first-order chi connectivity index (χ1) is 7.77. The van der Waals surface area contributed by atoms with E-state index in [1.807, 2.05) is 46.1 Å². The lowest BCUT2D eigenvalue weighted by molar-refractivity contribution is 0.978. The quantitative estimate of drug-likeness (QED) is 0.794. The molecule has 88 valence electrons. The lowest BCUT2D eigenvalue weighted by Crippen LogP contribution is -2.25. The van der Waals surface area contributed by atoms with Crippen molar-refractivity contribution in [1.29, 1.82) is 0 Å². The van der Waals surface area contributed by atoms with Crippen molar-refractivity contribution in [3.8, 4) is 0 Å². The average Bonchev–Trinajstić information content (AvgIpc) is 2.32. The predicted molar refractivity (Wildman–Crippen MR) is 79.6 cm³/mol. The van der Waals surface area contributed by atoms with E-state index in [9.17, 15) is 4.79 Å². The van der Waals surface area contributed by atoms with Crippen molar-refractivity contribution in [2.45, 2.75) is 5.25 Å². The maximum Gasteiger partial charge on any atom is 0.266 e. The highest BCUT2D eigenvalue weighted by molar-refractivity contribution is 14.1. The number of hydrogen-bond acceptors (Lipinski definition) is 5. The van der Waals surface area contributed by atoms with Crippen molar-refractivity contribution in [2.24, 2.45) is 0 Å². The summed E-state index contributed by atoms with van der Waals surface area (Å²) in [7, 11) is 0. The number of H-pyrrole nitrogens is 1. The molecule has 0 aromatic carbocycles. The third kappa shape index (κ3) is 3.30. The molecule has 1 atom stereocenters. The molecule has 2 N–H and O–H groups in total. The fourth-order valence-corrected chi connectivity index (χ4v) is 4.47. The van der Waals surface area contributed by atoms with Crippen LogP contribution in [0.15, 0.2) is 11.1 Å². The highest BCUT2D eigenvalue weighted by atomic mass is 127. The Hall–Kier alpha value is 0.110. The number of hydrogen-bond donors (Lipinski definition) is 2. The zero-order chi connectivity index (χ0) is 11.4. The van der Waals surface area contributed by atoms with Gasteiger partial charge in [-0.1, -0.05) is 0 Å². The lowest BCUT2D eigenvalue weighted by atomic mass is 10.4. The van der Waals surface area contributed by atoms with Crippen molar-refractivity contribution in [3.63, 3.8) is 0 Å². The van der Waals surface area contributed by atoms with E-state index in [0.29, 0.717) is 14.6 Å². The molecule has 0 amide bonds. The average molecular weight is 369 g/mol. The van der Waals surface area contributed by atoms with Crippen LogP contribution in [-0.4, -0.2) is 39.0 Å². The highest BCUT2D eigenvalue weighted by Crippen LogP contribution is 2.24. The van der Waals surface area contributed by atoms with Crippen molar-refractivity contribution < 1.29 is 0 Å². The van der Waals surface area contributed by atoms with Crippen LogP contribution in [0.4, 0.5) is 5.82 Å². The minimum Gasteiger partial charge on any atom is -0.368 e. The molecular weight excluding hydrogens is 357 g/mol. The number of nitrogens with zero attached hydrogens (tertiary/aromatic N) is 1. The van der Waals surface area contributed by atoms with Crippen molar-refractivity contribution >= 4 is 51.9 Å². The highest BCUT2D eigenvalue weighted by Gasteiger charge is 2.15. The Morgan fingerprint density at radius 3 is 3.25 bits per heavy atom. The molecule has 2 rings (SSSR count). The summed E-state index contributed by atoms with van der Waals surface area (Å²) in [4.78, 5) is 18.0. The molecule has 1 aliphatic heterocycles. The second kappa shape index (κ2) is 6.15. The van der Waals surface area contributed by atoms with E-state index in [2.05, 4.69) is 15.3 Å². The molecule has 4 nitrogen and oxygen atoms in total. The number of thioether (sulfide) groups is 2. The SMILES string of the molecule is O=c1[nH]cnc(NCC2CSCCS2)c1I. The van der Waals surface area contributed by atoms with E-state index < -0.39 is 0 Å². The van der Waals surface area contributed by atoms with Crippen LogP contribution in [0, 0.1) is 3.57 Å². The Labute approximate surface area is 116 Å². The molecule has 1 aromatic rings. The Bertz CT molecular complexity index is 406. The third-order valence-electron chi connectivity index (χ3n) is 2.18. The first kappa shape index (κ1) is 12.6. The fourth-order valence-electron chi connectivity index (χ4n) is 1.37. The van der Waals surface area contributed by atoms with Gasteiger partial charge in [0.15, 0.2) is 0 Å². The number of anilines is 1. The van der Waals surface area contributed by atoms with Gasteiger partial charge >= 0.3 is 0 Å². The molecular formula is C9H12IN3OS2. The third-order valence-corrected chi connectivity index (χ3v) is 6.02. The molecule has 7 heteroatoms. The van der Waals surface area contributed by atoms with Gasteiger partial charge in [0.25, 0.3) is 5.56 Å². The van der Waals surface area contributed by atoms with E-state index in [1.165, 1.54) is 23.6 Å². The van der Waals surface area contributed by atoms with Gasteiger partial charge in [-0.2, -0.15) is 23.5 Å². The summed E-state index contributed by atoms with van der Waals surface area (Å²) in [5.41, 5.74) is -0.0798. The van der Waals surface area contributed by atoms with Crippen LogP contribution < -0.4 is 10.9 Å². The zero-order valence-electron chi connectivity index (χ0n) is 8.53. The summed E-state index contributed by atoms with van der Waals surface area (Å²) in [5.74, 6) is 4.34. The summed E-state index contributed by atoms with van der Waals surface area (Å²) < 4.78 is 0.633. The van der Waals surface area contributed by atoms with Crippen LogP contribution in [0.1, 0.15) is 0 Å². The maximum atomic E-state index is 11.3. The van der Waals surface area contributed by atoms with Crippen molar-refractivity contribution in [2.75, 3.05) is 29.1 Å². The molecule has 1 saturated heterocycles. The van der Waals surface area contributed by atoms with Gasteiger partial charge in [0.05, 0.1) is 6.33 Å². The molecule has 0 saturated carbocycles. The molecule has 1 fully saturated rings. The topological polar surface area (TPSA) is 57.8 Å². The first-order valence-electron chi connectivity index (χ1n) is 4.94. The van der Waals surface area contributed by atoms with Gasteiger partial charge in [0, 0.05) is 29.1 Å².